The van der Waals surface area contributed by atoms with E-state index in [0.29, 0.717) is 28.5 Å². The SMILES string of the molecule is Cc1c(C(=O)Nc2c(C#N)cnn2C)cnn1-c1ccc2ccccc2n1. The average molecular weight is 357 g/mol. The number of amides is 1. The van der Waals surface area contributed by atoms with E-state index in [9.17, 15) is 4.79 Å². The fourth-order valence-corrected chi connectivity index (χ4v) is 2.88. The van der Waals surface area contributed by atoms with E-state index in [1.54, 1.807) is 18.7 Å². The third-order valence-electron chi connectivity index (χ3n) is 4.35. The van der Waals surface area contributed by atoms with Crippen LogP contribution in [-0.2, 0) is 7.05 Å². The Morgan fingerprint density at radius 1 is 1.15 bits per heavy atom. The highest BCUT2D eigenvalue weighted by atomic mass is 16.1. The molecule has 0 unspecified atom stereocenters. The standard InChI is InChI=1S/C19H15N7O/c1-12-15(19(27)24-18-14(9-20)10-21-25(18)2)11-22-26(12)17-8-7-13-5-3-4-6-16(13)23-17/h3-8,10-11H,1-2H3,(H,24,27). The van der Waals surface area contributed by atoms with Crippen molar-refractivity contribution < 1.29 is 4.79 Å². The van der Waals surface area contributed by atoms with Gasteiger partial charge in [-0.1, -0.05) is 18.2 Å². The zero-order chi connectivity index (χ0) is 19.0. The van der Waals surface area contributed by atoms with Gasteiger partial charge in [-0.2, -0.15) is 15.5 Å². The normalized spacial score (nSPS) is 10.7. The number of benzene rings is 1. The molecule has 27 heavy (non-hydrogen) atoms. The Labute approximate surface area is 154 Å². The highest BCUT2D eigenvalue weighted by molar-refractivity contribution is 6.05. The van der Waals surface area contributed by atoms with Gasteiger partial charge < -0.3 is 5.32 Å². The van der Waals surface area contributed by atoms with E-state index in [-0.39, 0.29) is 5.91 Å². The Balaban J connectivity index is 1.68. The highest BCUT2D eigenvalue weighted by Crippen LogP contribution is 2.19. The largest absolute Gasteiger partial charge is 0.306 e. The Morgan fingerprint density at radius 2 is 1.96 bits per heavy atom. The minimum Gasteiger partial charge on any atom is -0.306 e. The van der Waals surface area contributed by atoms with Gasteiger partial charge in [0.1, 0.15) is 17.5 Å². The van der Waals surface area contributed by atoms with E-state index in [0.717, 1.165) is 10.9 Å². The zero-order valence-electron chi connectivity index (χ0n) is 14.7. The number of anilines is 1. The van der Waals surface area contributed by atoms with E-state index >= 15 is 0 Å². The van der Waals surface area contributed by atoms with Gasteiger partial charge in [-0.25, -0.2) is 9.67 Å². The summed E-state index contributed by atoms with van der Waals surface area (Å²) in [5.74, 6) is 0.613. The topological polar surface area (TPSA) is 101 Å². The summed E-state index contributed by atoms with van der Waals surface area (Å²) in [6, 6.07) is 13.6. The van der Waals surface area contributed by atoms with Gasteiger partial charge in [0.25, 0.3) is 5.91 Å². The van der Waals surface area contributed by atoms with E-state index in [2.05, 4.69) is 20.5 Å². The Morgan fingerprint density at radius 3 is 2.78 bits per heavy atom. The summed E-state index contributed by atoms with van der Waals surface area (Å²) in [4.78, 5) is 17.3. The summed E-state index contributed by atoms with van der Waals surface area (Å²) in [5.41, 5.74) is 2.20. The van der Waals surface area contributed by atoms with Gasteiger partial charge in [0.2, 0.25) is 0 Å². The molecule has 1 N–H and O–H groups in total. The molecule has 8 nitrogen and oxygen atoms in total. The minimum absolute atomic E-state index is 0.298. The molecule has 0 aliphatic heterocycles. The van der Waals surface area contributed by atoms with Crippen LogP contribution in [0.4, 0.5) is 5.82 Å². The van der Waals surface area contributed by atoms with Crippen LogP contribution < -0.4 is 5.32 Å². The van der Waals surface area contributed by atoms with Crippen molar-refractivity contribution in [3.8, 4) is 11.9 Å². The highest BCUT2D eigenvalue weighted by Gasteiger charge is 2.19. The van der Waals surface area contributed by atoms with Crippen molar-refractivity contribution in [2.75, 3.05) is 5.32 Å². The number of para-hydroxylation sites is 1. The van der Waals surface area contributed by atoms with Crippen molar-refractivity contribution in [3.05, 3.63) is 65.6 Å². The maximum atomic E-state index is 12.7. The summed E-state index contributed by atoms with van der Waals surface area (Å²) >= 11 is 0. The van der Waals surface area contributed by atoms with Crippen molar-refractivity contribution in [2.24, 2.45) is 7.05 Å². The fourth-order valence-electron chi connectivity index (χ4n) is 2.88. The molecule has 0 aliphatic carbocycles. The molecule has 1 aromatic carbocycles. The number of pyridine rings is 1. The van der Waals surface area contributed by atoms with Crippen LogP contribution in [0.25, 0.3) is 16.7 Å². The molecule has 0 atom stereocenters. The number of hydrogen-bond acceptors (Lipinski definition) is 5. The van der Waals surface area contributed by atoms with E-state index < -0.39 is 0 Å². The number of carbonyl (C=O) groups is 1. The molecule has 0 spiro atoms. The Hall–Kier alpha value is -3.99. The summed E-state index contributed by atoms with van der Waals surface area (Å²) in [7, 11) is 1.66. The smallest absolute Gasteiger partial charge is 0.260 e. The second-order valence-electron chi connectivity index (χ2n) is 6.01. The second kappa shape index (κ2) is 6.38. The van der Waals surface area contributed by atoms with Crippen LogP contribution in [-0.4, -0.2) is 30.5 Å². The minimum atomic E-state index is -0.361. The van der Waals surface area contributed by atoms with Crippen LogP contribution in [0.3, 0.4) is 0 Å². The van der Waals surface area contributed by atoms with E-state index in [1.807, 2.05) is 42.5 Å². The van der Waals surface area contributed by atoms with Crippen LogP contribution >= 0.6 is 0 Å². The number of nitriles is 1. The van der Waals surface area contributed by atoms with Gasteiger partial charge in [-0.3, -0.25) is 9.48 Å². The molecule has 0 saturated heterocycles. The average Bonchev–Trinajstić information content (AvgIpc) is 3.24. The summed E-state index contributed by atoms with van der Waals surface area (Å²) < 4.78 is 3.07. The van der Waals surface area contributed by atoms with Gasteiger partial charge in [-0.15, -0.1) is 0 Å². The number of carbonyl (C=O) groups excluding carboxylic acids is 1. The predicted octanol–water partition coefficient (Wildman–Crippen LogP) is 2.59. The fraction of sp³-hybridized carbons (Fsp3) is 0.105. The lowest BCUT2D eigenvalue weighted by Crippen LogP contribution is -2.16. The monoisotopic (exact) mass is 357 g/mol. The molecule has 4 aromatic rings. The Kier molecular flexibility index (Phi) is 3.90. The maximum absolute atomic E-state index is 12.7. The summed E-state index contributed by atoms with van der Waals surface area (Å²) in [6.45, 7) is 1.80. The van der Waals surface area contributed by atoms with Gasteiger partial charge in [0.05, 0.1) is 29.2 Å². The molecule has 3 aromatic heterocycles. The summed E-state index contributed by atoms with van der Waals surface area (Å²) in [5, 5.41) is 21.2. The third kappa shape index (κ3) is 2.81. The molecule has 0 saturated carbocycles. The maximum Gasteiger partial charge on any atom is 0.260 e. The molecule has 1 amide bonds. The molecule has 0 bridgehead atoms. The molecule has 0 radical (unpaired) electrons. The first-order valence-corrected chi connectivity index (χ1v) is 8.22. The first-order chi connectivity index (χ1) is 13.1. The van der Waals surface area contributed by atoms with Gasteiger partial charge in [0.15, 0.2) is 5.82 Å². The number of fused-ring (bicyclic) bond motifs is 1. The van der Waals surface area contributed by atoms with E-state index in [1.165, 1.54) is 17.1 Å². The molecule has 8 heteroatoms. The molecular formula is C19H15N7O. The first kappa shape index (κ1) is 16.5. The van der Waals surface area contributed by atoms with Crippen molar-refractivity contribution in [1.29, 1.82) is 5.26 Å². The second-order valence-corrected chi connectivity index (χ2v) is 6.01. The lowest BCUT2D eigenvalue weighted by molar-refractivity contribution is 0.102. The number of aromatic nitrogens is 5. The van der Waals surface area contributed by atoms with Gasteiger partial charge in [-0.05, 0) is 25.1 Å². The van der Waals surface area contributed by atoms with Crippen molar-refractivity contribution >= 4 is 22.6 Å². The van der Waals surface area contributed by atoms with Gasteiger partial charge in [0, 0.05) is 12.4 Å². The number of rotatable bonds is 3. The lowest BCUT2D eigenvalue weighted by atomic mass is 10.2. The lowest BCUT2D eigenvalue weighted by Gasteiger charge is -2.07. The van der Waals surface area contributed by atoms with Crippen molar-refractivity contribution in [2.45, 2.75) is 6.92 Å². The Bertz CT molecular complexity index is 1210. The number of hydrogen-bond donors (Lipinski definition) is 1. The first-order valence-electron chi connectivity index (χ1n) is 8.22. The van der Waals surface area contributed by atoms with E-state index in [4.69, 9.17) is 5.26 Å². The molecule has 132 valence electrons. The summed E-state index contributed by atoms with van der Waals surface area (Å²) in [6.07, 6.45) is 2.90. The van der Waals surface area contributed by atoms with Crippen LogP contribution in [0.2, 0.25) is 0 Å². The molecule has 0 fully saturated rings. The van der Waals surface area contributed by atoms with Crippen LogP contribution in [0.5, 0.6) is 0 Å². The molecular weight excluding hydrogens is 342 g/mol. The number of aryl methyl sites for hydroxylation is 1. The third-order valence-corrected chi connectivity index (χ3v) is 4.35. The van der Waals surface area contributed by atoms with Crippen LogP contribution in [0.1, 0.15) is 21.6 Å². The van der Waals surface area contributed by atoms with Crippen molar-refractivity contribution in [1.82, 2.24) is 24.5 Å². The van der Waals surface area contributed by atoms with Crippen LogP contribution in [0.15, 0.2) is 48.8 Å². The number of nitrogens with zero attached hydrogens (tertiary/aromatic N) is 6. The zero-order valence-corrected chi connectivity index (χ0v) is 14.7. The van der Waals surface area contributed by atoms with Crippen LogP contribution in [0, 0.1) is 18.3 Å². The molecule has 3 heterocycles. The predicted molar refractivity (Wildman–Crippen MR) is 99.5 cm³/mol. The van der Waals surface area contributed by atoms with Gasteiger partial charge >= 0.3 is 0 Å². The number of nitrogens with one attached hydrogen (secondary N) is 1. The molecule has 4 rings (SSSR count). The van der Waals surface area contributed by atoms with Crippen molar-refractivity contribution in [3.63, 3.8) is 0 Å². The quantitative estimate of drug-likeness (QED) is 0.607. The molecule has 0 aliphatic rings.